The van der Waals surface area contributed by atoms with Gasteiger partial charge < -0.3 is 9.52 Å². The van der Waals surface area contributed by atoms with Crippen LogP contribution >= 0.6 is 0 Å². The average Bonchev–Trinajstić information content (AvgIpc) is 2.77. The molecule has 3 rings (SSSR count). The van der Waals surface area contributed by atoms with Crippen LogP contribution in [0.15, 0.2) is 34.9 Å². The van der Waals surface area contributed by atoms with Crippen LogP contribution in [-0.2, 0) is 5.60 Å². The quantitative estimate of drug-likeness (QED) is 0.774. The van der Waals surface area contributed by atoms with Crippen molar-refractivity contribution in [1.82, 2.24) is 15.0 Å². The molecular formula is C15H15N3O2. The van der Waals surface area contributed by atoms with Gasteiger partial charge in [-0.3, -0.25) is 0 Å². The molecule has 5 nitrogen and oxygen atoms in total. The molecule has 1 N–H and O–H groups in total. The summed E-state index contributed by atoms with van der Waals surface area (Å²) in [5.41, 5.74) is 2.15. The van der Waals surface area contributed by atoms with E-state index in [2.05, 4.69) is 15.0 Å². The number of fused-ring (bicyclic) bond motifs is 1. The van der Waals surface area contributed by atoms with Crippen molar-refractivity contribution in [3.63, 3.8) is 0 Å². The van der Waals surface area contributed by atoms with Crippen molar-refractivity contribution in [2.45, 2.75) is 26.4 Å². The van der Waals surface area contributed by atoms with Crippen LogP contribution in [0.2, 0.25) is 0 Å². The van der Waals surface area contributed by atoms with E-state index in [1.165, 1.54) is 0 Å². The predicted octanol–water partition coefficient (Wildman–Crippen LogP) is 2.82. The fraction of sp³-hybridized carbons (Fsp3) is 0.267. The lowest BCUT2D eigenvalue weighted by Gasteiger charge is -2.15. The molecule has 0 spiro atoms. The monoisotopic (exact) mass is 269 g/mol. The maximum atomic E-state index is 9.98. The van der Waals surface area contributed by atoms with Crippen molar-refractivity contribution in [3.05, 3.63) is 42.2 Å². The van der Waals surface area contributed by atoms with Crippen LogP contribution < -0.4 is 0 Å². The molecule has 1 aromatic carbocycles. The molecule has 0 amide bonds. The SMILES string of the molecule is Cc1nc2cc(-c3ccnc(C(C)(C)O)n3)ccc2o1. The van der Waals surface area contributed by atoms with Gasteiger partial charge in [0.1, 0.15) is 11.1 Å². The molecule has 0 fully saturated rings. The summed E-state index contributed by atoms with van der Waals surface area (Å²) in [4.78, 5) is 12.8. The van der Waals surface area contributed by atoms with Crippen LogP contribution in [-0.4, -0.2) is 20.1 Å². The maximum Gasteiger partial charge on any atom is 0.192 e. The lowest BCUT2D eigenvalue weighted by atomic mass is 10.1. The van der Waals surface area contributed by atoms with Crippen molar-refractivity contribution in [3.8, 4) is 11.3 Å². The summed E-state index contributed by atoms with van der Waals surface area (Å²) < 4.78 is 5.45. The molecule has 20 heavy (non-hydrogen) atoms. The number of hydrogen-bond acceptors (Lipinski definition) is 5. The van der Waals surface area contributed by atoms with E-state index in [0.29, 0.717) is 11.7 Å². The Morgan fingerprint density at radius 1 is 1.15 bits per heavy atom. The fourth-order valence-corrected chi connectivity index (χ4v) is 2.02. The van der Waals surface area contributed by atoms with Crippen molar-refractivity contribution in [2.75, 3.05) is 0 Å². The number of hydrogen-bond donors (Lipinski definition) is 1. The molecule has 0 unspecified atom stereocenters. The van der Waals surface area contributed by atoms with Gasteiger partial charge in [-0.05, 0) is 38.1 Å². The Balaban J connectivity index is 2.10. The molecule has 5 heteroatoms. The second-order valence-electron chi connectivity index (χ2n) is 5.24. The molecule has 0 atom stereocenters. The molecule has 0 aliphatic carbocycles. The minimum Gasteiger partial charge on any atom is -0.441 e. The summed E-state index contributed by atoms with van der Waals surface area (Å²) in [6.45, 7) is 5.14. The molecule has 2 aromatic heterocycles. The number of aromatic nitrogens is 3. The van der Waals surface area contributed by atoms with E-state index >= 15 is 0 Å². The van der Waals surface area contributed by atoms with Crippen LogP contribution in [0.1, 0.15) is 25.6 Å². The molecule has 2 heterocycles. The Labute approximate surface area is 116 Å². The van der Waals surface area contributed by atoms with E-state index in [1.807, 2.05) is 31.2 Å². The topological polar surface area (TPSA) is 72.0 Å². The third-order valence-corrected chi connectivity index (χ3v) is 2.99. The van der Waals surface area contributed by atoms with Crippen molar-refractivity contribution < 1.29 is 9.52 Å². The van der Waals surface area contributed by atoms with Gasteiger partial charge in [-0.2, -0.15) is 0 Å². The normalized spacial score (nSPS) is 12.0. The Kier molecular flexibility index (Phi) is 2.79. The number of aliphatic hydroxyl groups is 1. The number of rotatable bonds is 2. The highest BCUT2D eigenvalue weighted by Gasteiger charge is 2.20. The molecule has 0 aliphatic heterocycles. The predicted molar refractivity (Wildman–Crippen MR) is 75.0 cm³/mol. The largest absolute Gasteiger partial charge is 0.441 e. The molecular weight excluding hydrogens is 254 g/mol. The first kappa shape index (κ1) is 12.7. The summed E-state index contributed by atoms with van der Waals surface area (Å²) in [7, 11) is 0. The lowest BCUT2D eigenvalue weighted by Crippen LogP contribution is -2.19. The zero-order valence-electron chi connectivity index (χ0n) is 11.6. The molecule has 0 saturated heterocycles. The summed E-state index contributed by atoms with van der Waals surface area (Å²) >= 11 is 0. The minimum absolute atomic E-state index is 0.395. The van der Waals surface area contributed by atoms with E-state index in [1.54, 1.807) is 20.0 Å². The highest BCUT2D eigenvalue weighted by atomic mass is 16.3. The number of oxazole rings is 1. The van der Waals surface area contributed by atoms with Crippen molar-refractivity contribution >= 4 is 11.1 Å². The second kappa shape index (κ2) is 4.38. The smallest absolute Gasteiger partial charge is 0.192 e. The van der Waals surface area contributed by atoms with Gasteiger partial charge in [-0.25, -0.2) is 15.0 Å². The third kappa shape index (κ3) is 2.28. The fourth-order valence-electron chi connectivity index (χ4n) is 2.02. The molecule has 0 radical (unpaired) electrons. The Morgan fingerprint density at radius 3 is 2.70 bits per heavy atom. The average molecular weight is 269 g/mol. The zero-order valence-corrected chi connectivity index (χ0v) is 11.6. The van der Waals surface area contributed by atoms with Crippen molar-refractivity contribution in [2.24, 2.45) is 0 Å². The Bertz CT molecular complexity index is 772. The first-order chi connectivity index (χ1) is 9.43. The standard InChI is InChI=1S/C15H15N3O2/c1-9-17-12-8-10(4-5-13(12)20-9)11-6-7-16-14(18-11)15(2,3)19/h4-8,19H,1-3H3. The maximum absolute atomic E-state index is 9.98. The van der Waals surface area contributed by atoms with Crippen molar-refractivity contribution in [1.29, 1.82) is 0 Å². The number of aryl methyl sites for hydroxylation is 1. The number of benzene rings is 1. The van der Waals surface area contributed by atoms with E-state index in [4.69, 9.17) is 4.42 Å². The van der Waals surface area contributed by atoms with E-state index in [9.17, 15) is 5.11 Å². The van der Waals surface area contributed by atoms with Crippen LogP contribution in [0.25, 0.3) is 22.4 Å². The summed E-state index contributed by atoms with van der Waals surface area (Å²) in [5, 5.41) is 9.98. The number of nitrogens with zero attached hydrogens (tertiary/aromatic N) is 3. The highest BCUT2D eigenvalue weighted by Crippen LogP contribution is 2.24. The van der Waals surface area contributed by atoms with Crippen LogP contribution in [0, 0.1) is 6.92 Å². The Hall–Kier alpha value is -2.27. The van der Waals surface area contributed by atoms with E-state index < -0.39 is 5.60 Å². The summed E-state index contributed by atoms with van der Waals surface area (Å²) in [6, 6.07) is 7.52. The molecule has 102 valence electrons. The first-order valence-corrected chi connectivity index (χ1v) is 6.37. The first-order valence-electron chi connectivity index (χ1n) is 6.37. The van der Waals surface area contributed by atoms with Gasteiger partial charge in [0.15, 0.2) is 17.3 Å². The zero-order chi connectivity index (χ0) is 14.3. The summed E-state index contributed by atoms with van der Waals surface area (Å²) in [6.07, 6.45) is 1.65. The molecule has 0 aliphatic rings. The Morgan fingerprint density at radius 2 is 1.95 bits per heavy atom. The van der Waals surface area contributed by atoms with Gasteiger partial charge in [0.2, 0.25) is 0 Å². The van der Waals surface area contributed by atoms with Crippen LogP contribution in [0.5, 0.6) is 0 Å². The van der Waals surface area contributed by atoms with Crippen LogP contribution in [0.4, 0.5) is 0 Å². The molecule has 3 aromatic rings. The molecule has 0 bridgehead atoms. The van der Waals surface area contributed by atoms with Gasteiger partial charge in [0, 0.05) is 18.7 Å². The second-order valence-corrected chi connectivity index (χ2v) is 5.24. The van der Waals surface area contributed by atoms with Gasteiger partial charge in [0.05, 0.1) is 5.69 Å². The summed E-state index contributed by atoms with van der Waals surface area (Å²) in [5.74, 6) is 1.03. The lowest BCUT2D eigenvalue weighted by molar-refractivity contribution is 0.0688. The minimum atomic E-state index is -1.06. The molecule has 0 saturated carbocycles. The van der Waals surface area contributed by atoms with Gasteiger partial charge in [-0.15, -0.1) is 0 Å². The van der Waals surface area contributed by atoms with E-state index in [0.717, 1.165) is 22.4 Å². The van der Waals surface area contributed by atoms with Gasteiger partial charge in [-0.1, -0.05) is 0 Å². The van der Waals surface area contributed by atoms with E-state index in [-0.39, 0.29) is 0 Å². The highest BCUT2D eigenvalue weighted by molar-refractivity contribution is 5.79. The van der Waals surface area contributed by atoms with Gasteiger partial charge in [0.25, 0.3) is 0 Å². The van der Waals surface area contributed by atoms with Crippen LogP contribution in [0.3, 0.4) is 0 Å². The third-order valence-electron chi connectivity index (χ3n) is 2.99. The van der Waals surface area contributed by atoms with Gasteiger partial charge >= 0.3 is 0 Å².